The zero-order valence-corrected chi connectivity index (χ0v) is 15.6. The van der Waals surface area contributed by atoms with E-state index in [0.29, 0.717) is 26.3 Å². The number of pyridine rings is 1. The van der Waals surface area contributed by atoms with Crippen molar-refractivity contribution in [3.05, 3.63) is 40.8 Å². The highest BCUT2D eigenvalue weighted by Crippen LogP contribution is 2.43. The highest BCUT2D eigenvalue weighted by atomic mass is 32.1. The van der Waals surface area contributed by atoms with Crippen LogP contribution in [0.4, 0.5) is 11.5 Å². The van der Waals surface area contributed by atoms with E-state index < -0.39 is 0 Å². The highest BCUT2D eigenvalue weighted by Gasteiger charge is 2.27. The minimum absolute atomic E-state index is 0.0636. The van der Waals surface area contributed by atoms with Crippen LogP contribution in [0.5, 0.6) is 0 Å². The quantitative estimate of drug-likeness (QED) is 0.709. The number of anilines is 2. The molecule has 1 fully saturated rings. The average Bonchev–Trinajstić information content (AvgIpc) is 3.03. The monoisotopic (exact) mass is 377 g/mol. The summed E-state index contributed by atoms with van der Waals surface area (Å²) in [5.41, 5.74) is 14.6. The van der Waals surface area contributed by atoms with Gasteiger partial charge < -0.3 is 16.4 Å². The molecule has 4 N–H and O–H groups in total. The number of likely N-dealkylation sites (tertiary alicyclic amines) is 1. The second-order valence-electron chi connectivity index (χ2n) is 6.60. The van der Waals surface area contributed by atoms with Crippen molar-refractivity contribution < 1.29 is 4.79 Å². The van der Waals surface area contributed by atoms with Crippen molar-refractivity contribution in [2.45, 2.75) is 19.3 Å². The Morgan fingerprint density at radius 1 is 1.15 bits per heavy atom. The number of nitrogens with zero attached hydrogens (tertiary/aromatic N) is 3. The fourth-order valence-corrected chi connectivity index (χ4v) is 4.66. The number of nitrogen functional groups attached to an aromatic ring is 2. The topological polar surface area (TPSA) is 109 Å². The van der Waals surface area contributed by atoms with Crippen molar-refractivity contribution in [3.8, 4) is 17.2 Å². The predicted octanol–water partition coefficient (Wildman–Crippen LogP) is 3.63. The van der Waals surface area contributed by atoms with E-state index in [1.54, 1.807) is 0 Å². The molecule has 136 valence electrons. The molecule has 1 amide bonds. The predicted molar refractivity (Wildman–Crippen MR) is 108 cm³/mol. The number of fused-ring (bicyclic) bond motifs is 1. The summed E-state index contributed by atoms with van der Waals surface area (Å²) in [6, 6.07) is 11.6. The van der Waals surface area contributed by atoms with Gasteiger partial charge in [-0.25, -0.2) is 4.98 Å². The molecule has 3 heterocycles. The van der Waals surface area contributed by atoms with E-state index in [2.05, 4.69) is 11.1 Å². The van der Waals surface area contributed by atoms with Gasteiger partial charge in [-0.2, -0.15) is 5.26 Å². The lowest BCUT2D eigenvalue weighted by Crippen LogP contribution is -2.35. The molecule has 2 aromatic heterocycles. The fourth-order valence-electron chi connectivity index (χ4n) is 3.58. The van der Waals surface area contributed by atoms with Crippen LogP contribution in [0.15, 0.2) is 30.3 Å². The Morgan fingerprint density at radius 3 is 2.52 bits per heavy atom. The third-order valence-corrected chi connectivity index (χ3v) is 6.00. The number of hydrogen-bond donors (Lipinski definition) is 2. The molecule has 1 aliphatic heterocycles. The van der Waals surface area contributed by atoms with Crippen molar-refractivity contribution in [1.82, 2.24) is 9.88 Å². The average molecular weight is 377 g/mol. The number of carbonyl (C=O) groups excluding carboxylic acids is 1. The molecule has 0 bridgehead atoms. The number of thiophene rings is 1. The number of hydrogen-bond acceptors (Lipinski definition) is 6. The van der Waals surface area contributed by atoms with E-state index >= 15 is 0 Å². The molecular formula is C20H19N5OS. The number of benzene rings is 1. The molecule has 7 heteroatoms. The van der Waals surface area contributed by atoms with Crippen LogP contribution >= 0.6 is 11.3 Å². The summed E-state index contributed by atoms with van der Waals surface area (Å²) in [4.78, 5) is 20.3. The molecule has 6 nitrogen and oxygen atoms in total. The molecule has 1 aromatic carbocycles. The van der Waals surface area contributed by atoms with Crippen LogP contribution in [0.3, 0.4) is 0 Å². The first kappa shape index (κ1) is 17.3. The Hall–Kier alpha value is -3.11. The van der Waals surface area contributed by atoms with Crippen LogP contribution < -0.4 is 11.5 Å². The van der Waals surface area contributed by atoms with E-state index in [4.69, 9.17) is 11.5 Å². The number of amides is 1. The maximum Gasteiger partial charge on any atom is 0.266 e. The molecule has 3 aromatic rings. The SMILES string of the molecule is N#Cc1c(N)nc2sc(C(=O)N3CCCCC3)c(N)c2c1-c1ccccc1. The van der Waals surface area contributed by atoms with E-state index in [1.807, 2.05) is 35.2 Å². The van der Waals surface area contributed by atoms with Gasteiger partial charge in [0.2, 0.25) is 0 Å². The zero-order valence-electron chi connectivity index (χ0n) is 14.7. The molecule has 1 saturated heterocycles. The molecule has 1 aliphatic rings. The lowest BCUT2D eigenvalue weighted by atomic mass is 9.97. The second-order valence-corrected chi connectivity index (χ2v) is 7.60. The fraction of sp³-hybridized carbons (Fsp3) is 0.250. The van der Waals surface area contributed by atoms with Gasteiger partial charge >= 0.3 is 0 Å². The minimum Gasteiger partial charge on any atom is -0.397 e. The van der Waals surface area contributed by atoms with Crippen LogP contribution in [0, 0.1) is 11.3 Å². The van der Waals surface area contributed by atoms with Crippen LogP contribution in [0.1, 0.15) is 34.5 Å². The first-order valence-corrected chi connectivity index (χ1v) is 9.69. The summed E-state index contributed by atoms with van der Waals surface area (Å²) >= 11 is 1.25. The molecule has 0 spiro atoms. The summed E-state index contributed by atoms with van der Waals surface area (Å²) in [6.07, 6.45) is 3.17. The Balaban J connectivity index is 1.95. The van der Waals surface area contributed by atoms with Gasteiger partial charge in [-0.15, -0.1) is 11.3 Å². The summed E-state index contributed by atoms with van der Waals surface area (Å²) in [7, 11) is 0. The van der Waals surface area contributed by atoms with Crippen molar-refractivity contribution in [1.29, 1.82) is 5.26 Å². The van der Waals surface area contributed by atoms with Crippen molar-refractivity contribution in [2.75, 3.05) is 24.6 Å². The number of piperidine rings is 1. The minimum atomic E-state index is -0.0636. The second kappa shape index (κ2) is 6.89. The lowest BCUT2D eigenvalue weighted by molar-refractivity contribution is 0.0730. The largest absolute Gasteiger partial charge is 0.397 e. The van der Waals surface area contributed by atoms with Crippen LogP contribution in [0.2, 0.25) is 0 Å². The van der Waals surface area contributed by atoms with Gasteiger partial charge in [-0.1, -0.05) is 30.3 Å². The maximum atomic E-state index is 13.0. The number of rotatable bonds is 2. The van der Waals surface area contributed by atoms with Gasteiger partial charge in [0.25, 0.3) is 5.91 Å². The zero-order chi connectivity index (χ0) is 19.0. The standard InChI is InChI=1S/C20H19N5OS/c21-11-13-14(12-7-3-1-4-8-12)15-16(22)17(27-19(15)24-18(13)23)20(26)25-9-5-2-6-10-25/h1,3-4,7-8H,2,5-6,9-10,22H2,(H2,23,24). The van der Waals surface area contributed by atoms with Gasteiger partial charge in [0.15, 0.2) is 0 Å². The summed E-state index contributed by atoms with van der Waals surface area (Å²) in [5, 5.41) is 10.3. The Bertz CT molecular complexity index is 1060. The smallest absolute Gasteiger partial charge is 0.266 e. The van der Waals surface area contributed by atoms with E-state index in [-0.39, 0.29) is 17.3 Å². The Morgan fingerprint density at radius 2 is 1.85 bits per heavy atom. The molecule has 0 atom stereocenters. The summed E-state index contributed by atoms with van der Waals surface area (Å²) in [5.74, 6) is 0.0911. The summed E-state index contributed by atoms with van der Waals surface area (Å²) in [6.45, 7) is 1.49. The van der Waals surface area contributed by atoms with Gasteiger partial charge in [0.05, 0.1) is 5.69 Å². The number of aromatic nitrogens is 1. The maximum absolute atomic E-state index is 13.0. The first-order valence-electron chi connectivity index (χ1n) is 8.88. The molecule has 4 rings (SSSR count). The van der Waals surface area contributed by atoms with E-state index in [9.17, 15) is 10.1 Å². The van der Waals surface area contributed by atoms with Gasteiger partial charge in [0.1, 0.15) is 27.2 Å². The highest BCUT2D eigenvalue weighted by molar-refractivity contribution is 7.21. The normalized spacial score (nSPS) is 14.3. The molecule has 0 unspecified atom stereocenters. The van der Waals surface area contributed by atoms with Gasteiger partial charge in [0, 0.05) is 24.0 Å². The number of carbonyl (C=O) groups is 1. The number of nitriles is 1. The van der Waals surface area contributed by atoms with Crippen LogP contribution in [0.25, 0.3) is 21.3 Å². The lowest BCUT2D eigenvalue weighted by Gasteiger charge is -2.26. The number of nitrogens with two attached hydrogens (primary N) is 2. The van der Waals surface area contributed by atoms with Gasteiger partial charge in [-0.3, -0.25) is 4.79 Å². The third-order valence-electron chi connectivity index (χ3n) is 4.92. The molecule has 0 radical (unpaired) electrons. The molecule has 0 saturated carbocycles. The molecule has 0 aliphatic carbocycles. The van der Waals surface area contributed by atoms with Crippen LogP contribution in [-0.4, -0.2) is 28.9 Å². The van der Waals surface area contributed by atoms with Crippen molar-refractivity contribution in [2.24, 2.45) is 0 Å². The Labute approximate surface area is 161 Å². The Kier molecular flexibility index (Phi) is 4.42. The van der Waals surface area contributed by atoms with Gasteiger partial charge in [-0.05, 0) is 24.8 Å². The summed E-state index contributed by atoms with van der Waals surface area (Å²) < 4.78 is 0. The molecule has 27 heavy (non-hydrogen) atoms. The van der Waals surface area contributed by atoms with Crippen molar-refractivity contribution >= 4 is 39.0 Å². The van der Waals surface area contributed by atoms with Crippen LogP contribution in [-0.2, 0) is 0 Å². The van der Waals surface area contributed by atoms with E-state index in [0.717, 1.165) is 37.9 Å². The first-order chi connectivity index (χ1) is 13.1. The molecular weight excluding hydrogens is 358 g/mol. The third kappa shape index (κ3) is 2.88. The van der Waals surface area contributed by atoms with E-state index in [1.165, 1.54) is 11.3 Å². The van der Waals surface area contributed by atoms with Crippen molar-refractivity contribution in [3.63, 3.8) is 0 Å².